The molecule has 1 aliphatic rings. The lowest BCUT2D eigenvalue weighted by molar-refractivity contribution is 0.335. The minimum absolute atomic E-state index is 0.0227. The van der Waals surface area contributed by atoms with Crippen molar-refractivity contribution < 1.29 is 4.39 Å². The number of anilines is 2. The lowest BCUT2D eigenvalue weighted by atomic mass is 9.86. The number of fused-ring (bicyclic) bond motifs is 1. The molecule has 0 aliphatic heterocycles. The first-order valence-corrected chi connectivity index (χ1v) is 12.3. The summed E-state index contributed by atoms with van der Waals surface area (Å²) >= 11 is 5.48. The molecule has 1 unspecified atom stereocenters. The van der Waals surface area contributed by atoms with Gasteiger partial charge in [0.2, 0.25) is 5.95 Å². The lowest BCUT2D eigenvalue weighted by Gasteiger charge is -2.30. The molecule has 4 rings (SSSR count). The molecule has 1 aliphatic carbocycles. The number of thiocarbonyl (C=S) groups is 1. The van der Waals surface area contributed by atoms with Gasteiger partial charge in [-0.05, 0) is 80.6 Å². The molecule has 0 bridgehead atoms. The van der Waals surface area contributed by atoms with E-state index in [0.29, 0.717) is 23.0 Å². The molecule has 3 N–H and O–H groups in total. The Balaban J connectivity index is 1.24. The molecule has 3 aromatic rings. The van der Waals surface area contributed by atoms with Gasteiger partial charge in [-0.1, -0.05) is 24.3 Å². The molecule has 1 fully saturated rings. The van der Waals surface area contributed by atoms with Crippen molar-refractivity contribution in [1.29, 1.82) is 0 Å². The third-order valence-corrected chi connectivity index (χ3v) is 6.72. The van der Waals surface area contributed by atoms with E-state index in [1.54, 1.807) is 12.1 Å². The van der Waals surface area contributed by atoms with Crippen LogP contribution in [0.25, 0.3) is 10.9 Å². The molecular weight excluding hydrogens is 447 g/mol. The first-order chi connectivity index (χ1) is 16.4. The van der Waals surface area contributed by atoms with Crippen LogP contribution in [0.4, 0.5) is 16.2 Å². The minimum atomic E-state index is -0.230. The first kappa shape index (κ1) is 24.1. The van der Waals surface area contributed by atoms with Crippen molar-refractivity contribution >= 4 is 40.0 Å². The highest BCUT2D eigenvalue weighted by Gasteiger charge is 2.22. The smallest absolute Gasteiger partial charge is 0.225 e. The molecule has 1 aromatic heterocycles. The number of hydrogen-bond donors (Lipinski definition) is 3. The van der Waals surface area contributed by atoms with Crippen LogP contribution in [0.3, 0.4) is 0 Å². The summed E-state index contributed by atoms with van der Waals surface area (Å²) in [6.45, 7) is 2.88. The Morgan fingerprint density at radius 3 is 2.47 bits per heavy atom. The topological polar surface area (TPSA) is 65.1 Å². The lowest BCUT2D eigenvalue weighted by Crippen LogP contribution is -2.40. The van der Waals surface area contributed by atoms with Gasteiger partial charge < -0.3 is 20.9 Å². The van der Waals surface area contributed by atoms with E-state index in [9.17, 15) is 4.39 Å². The van der Waals surface area contributed by atoms with Gasteiger partial charge in [-0.15, -0.1) is 0 Å². The highest BCUT2D eigenvalue weighted by atomic mass is 32.1. The van der Waals surface area contributed by atoms with Crippen molar-refractivity contribution in [3.05, 3.63) is 59.9 Å². The first-order valence-electron chi connectivity index (χ1n) is 11.9. The predicted molar refractivity (Wildman–Crippen MR) is 142 cm³/mol. The fourth-order valence-electron chi connectivity index (χ4n) is 4.48. The number of benzene rings is 2. The number of rotatable bonds is 7. The molecule has 0 saturated heterocycles. The quantitative estimate of drug-likeness (QED) is 0.410. The zero-order valence-electron chi connectivity index (χ0n) is 20.0. The average molecular weight is 481 g/mol. The van der Waals surface area contributed by atoms with Gasteiger partial charge in [-0.2, -0.15) is 4.98 Å². The van der Waals surface area contributed by atoms with Gasteiger partial charge in [-0.25, -0.2) is 9.37 Å². The molecule has 6 nitrogen and oxygen atoms in total. The van der Waals surface area contributed by atoms with Crippen molar-refractivity contribution in [2.75, 3.05) is 30.9 Å². The van der Waals surface area contributed by atoms with Crippen LogP contribution < -0.4 is 20.9 Å². The van der Waals surface area contributed by atoms with Gasteiger partial charge in [0, 0.05) is 32.1 Å². The van der Waals surface area contributed by atoms with Crippen LogP contribution in [-0.2, 0) is 0 Å². The monoisotopic (exact) mass is 480 g/mol. The molecule has 0 spiro atoms. The predicted octanol–water partition coefficient (Wildman–Crippen LogP) is 5.03. The molecule has 0 amide bonds. The van der Waals surface area contributed by atoms with Crippen molar-refractivity contribution in [3.8, 4) is 0 Å². The van der Waals surface area contributed by atoms with E-state index < -0.39 is 0 Å². The van der Waals surface area contributed by atoms with Gasteiger partial charge >= 0.3 is 0 Å². The third kappa shape index (κ3) is 6.11. The van der Waals surface area contributed by atoms with E-state index in [-0.39, 0.29) is 11.9 Å². The summed E-state index contributed by atoms with van der Waals surface area (Å²) in [5.74, 6) is 1.98. The van der Waals surface area contributed by atoms with Crippen molar-refractivity contribution in [2.45, 2.75) is 44.7 Å². The highest BCUT2D eigenvalue weighted by Crippen LogP contribution is 2.28. The number of para-hydroxylation sites is 1. The summed E-state index contributed by atoms with van der Waals surface area (Å²) in [6.07, 6.45) is 4.39. The molecule has 180 valence electrons. The Hall–Kier alpha value is -3.00. The standard InChI is InChI=1S/C26H33FN6S/c1-17(19-10-12-20(27)13-11-19)29-26(34)28-16-18-8-14-21(15-9-18)30-25-31-23-7-5-4-6-22(23)24(32-25)33(2)3/h4-7,10-13,17-18,21H,8-9,14-16H2,1-3H3,(H2,28,29,34)(H,30,31,32). The van der Waals surface area contributed by atoms with Gasteiger partial charge in [-0.3, -0.25) is 0 Å². The Kier molecular flexibility index (Phi) is 7.77. The molecule has 2 aromatic carbocycles. The summed E-state index contributed by atoms with van der Waals surface area (Å²) in [4.78, 5) is 11.5. The largest absolute Gasteiger partial charge is 0.362 e. The number of halogens is 1. The molecule has 8 heteroatoms. The number of nitrogens with zero attached hydrogens (tertiary/aromatic N) is 3. The maximum absolute atomic E-state index is 13.1. The summed E-state index contributed by atoms with van der Waals surface area (Å²) in [6, 6.07) is 15.0. The van der Waals surface area contributed by atoms with E-state index in [4.69, 9.17) is 22.2 Å². The van der Waals surface area contributed by atoms with Crippen LogP contribution in [0, 0.1) is 11.7 Å². The van der Waals surface area contributed by atoms with Gasteiger partial charge in [0.1, 0.15) is 11.6 Å². The van der Waals surface area contributed by atoms with Crippen LogP contribution in [0.2, 0.25) is 0 Å². The number of aromatic nitrogens is 2. The maximum atomic E-state index is 13.1. The van der Waals surface area contributed by atoms with Gasteiger partial charge in [0.25, 0.3) is 0 Å². The molecule has 34 heavy (non-hydrogen) atoms. The zero-order valence-corrected chi connectivity index (χ0v) is 20.8. The Bertz CT molecular complexity index is 1110. The Labute approximate surface area is 206 Å². The Morgan fingerprint density at radius 2 is 1.76 bits per heavy atom. The van der Waals surface area contributed by atoms with Crippen LogP contribution in [0.1, 0.15) is 44.2 Å². The second-order valence-electron chi connectivity index (χ2n) is 9.27. The van der Waals surface area contributed by atoms with Crippen LogP contribution in [0.15, 0.2) is 48.5 Å². The van der Waals surface area contributed by atoms with Crippen LogP contribution in [-0.4, -0.2) is 41.8 Å². The van der Waals surface area contributed by atoms with E-state index in [2.05, 4.69) is 22.0 Å². The second-order valence-corrected chi connectivity index (χ2v) is 9.68. The molecular formula is C26H33FN6S. The molecule has 1 atom stereocenters. The normalized spacial score (nSPS) is 18.8. The SMILES string of the molecule is CC(NC(=S)NCC1CCC(Nc2nc(N(C)C)c3ccccc3n2)CC1)c1ccc(F)cc1. The highest BCUT2D eigenvalue weighted by molar-refractivity contribution is 7.80. The van der Waals surface area contributed by atoms with E-state index in [0.717, 1.165) is 54.5 Å². The van der Waals surface area contributed by atoms with Crippen molar-refractivity contribution in [3.63, 3.8) is 0 Å². The number of hydrogen-bond acceptors (Lipinski definition) is 5. The second kappa shape index (κ2) is 11.0. The fourth-order valence-corrected chi connectivity index (χ4v) is 4.74. The summed E-state index contributed by atoms with van der Waals surface area (Å²) < 4.78 is 13.1. The maximum Gasteiger partial charge on any atom is 0.225 e. The summed E-state index contributed by atoms with van der Waals surface area (Å²) in [5, 5.41) is 11.9. The van der Waals surface area contributed by atoms with E-state index in [1.165, 1.54) is 12.1 Å². The van der Waals surface area contributed by atoms with E-state index >= 15 is 0 Å². The zero-order chi connectivity index (χ0) is 24.1. The molecule has 1 saturated carbocycles. The third-order valence-electron chi connectivity index (χ3n) is 6.46. The minimum Gasteiger partial charge on any atom is -0.362 e. The van der Waals surface area contributed by atoms with Crippen LogP contribution in [0.5, 0.6) is 0 Å². The summed E-state index contributed by atoms with van der Waals surface area (Å²) in [7, 11) is 4.02. The van der Waals surface area contributed by atoms with Gasteiger partial charge in [0.15, 0.2) is 5.11 Å². The fraction of sp³-hybridized carbons (Fsp3) is 0.423. The van der Waals surface area contributed by atoms with E-state index in [1.807, 2.05) is 44.1 Å². The van der Waals surface area contributed by atoms with Gasteiger partial charge in [0.05, 0.1) is 11.6 Å². The number of nitrogens with one attached hydrogen (secondary N) is 3. The van der Waals surface area contributed by atoms with Crippen molar-refractivity contribution in [2.24, 2.45) is 5.92 Å². The molecule has 1 heterocycles. The van der Waals surface area contributed by atoms with Crippen molar-refractivity contribution in [1.82, 2.24) is 20.6 Å². The van der Waals surface area contributed by atoms with Crippen LogP contribution >= 0.6 is 12.2 Å². The Morgan fingerprint density at radius 1 is 1.06 bits per heavy atom. The molecule has 0 radical (unpaired) electrons. The summed E-state index contributed by atoms with van der Waals surface area (Å²) in [5.41, 5.74) is 1.96. The average Bonchev–Trinajstić information content (AvgIpc) is 2.83.